The molecule has 4 rings (SSSR count). The first-order chi connectivity index (χ1) is 13.9. The van der Waals surface area contributed by atoms with E-state index in [2.05, 4.69) is 22.9 Å². The van der Waals surface area contributed by atoms with Crippen LogP contribution in [0.4, 0.5) is 5.69 Å². The second-order valence-corrected chi connectivity index (χ2v) is 9.86. The van der Waals surface area contributed by atoms with Gasteiger partial charge in [-0.25, -0.2) is 8.42 Å². The first-order valence-electron chi connectivity index (χ1n) is 9.90. The molecule has 0 aliphatic carbocycles. The maximum atomic E-state index is 13.6. The molecule has 4 nitrogen and oxygen atoms in total. The minimum Gasteiger partial charge on any atom is -0.368 e. The van der Waals surface area contributed by atoms with Crippen LogP contribution < -0.4 is 4.90 Å². The molecule has 0 N–H and O–H groups in total. The Hall–Kier alpha value is -2.08. The molecule has 3 aromatic rings. The number of rotatable bonds is 4. The van der Waals surface area contributed by atoms with Crippen molar-refractivity contribution < 1.29 is 8.42 Å². The Morgan fingerprint density at radius 3 is 2.28 bits per heavy atom. The average molecular weight is 429 g/mol. The van der Waals surface area contributed by atoms with Gasteiger partial charge < -0.3 is 9.80 Å². The van der Waals surface area contributed by atoms with E-state index >= 15 is 0 Å². The first kappa shape index (κ1) is 20.2. The van der Waals surface area contributed by atoms with Crippen LogP contribution in [0.25, 0.3) is 10.8 Å². The number of aryl methyl sites for hydroxylation is 1. The summed E-state index contributed by atoms with van der Waals surface area (Å²) in [6.07, 6.45) is 0.640. The van der Waals surface area contributed by atoms with Gasteiger partial charge in [0.25, 0.3) is 0 Å². The zero-order chi connectivity index (χ0) is 20.6. The highest BCUT2D eigenvalue weighted by Crippen LogP contribution is 2.38. The summed E-state index contributed by atoms with van der Waals surface area (Å²) in [4.78, 5) is 5.32. The van der Waals surface area contributed by atoms with Crippen molar-refractivity contribution in [3.05, 3.63) is 65.2 Å². The smallest absolute Gasteiger partial charge is 0.207 e. The molecule has 0 amide bonds. The number of piperazine rings is 1. The van der Waals surface area contributed by atoms with Gasteiger partial charge in [-0.1, -0.05) is 48.9 Å². The highest BCUT2D eigenvalue weighted by molar-refractivity contribution is 7.91. The van der Waals surface area contributed by atoms with Gasteiger partial charge in [0.15, 0.2) is 0 Å². The molecule has 3 aromatic carbocycles. The van der Waals surface area contributed by atoms with E-state index in [1.165, 1.54) is 6.07 Å². The van der Waals surface area contributed by atoms with E-state index in [9.17, 15) is 8.42 Å². The highest BCUT2D eigenvalue weighted by Gasteiger charge is 2.27. The van der Waals surface area contributed by atoms with Gasteiger partial charge in [0.05, 0.1) is 9.79 Å². The highest BCUT2D eigenvalue weighted by atomic mass is 35.5. The van der Waals surface area contributed by atoms with Gasteiger partial charge in [0.1, 0.15) is 0 Å². The van der Waals surface area contributed by atoms with Crippen LogP contribution in [-0.4, -0.2) is 46.5 Å². The second kappa shape index (κ2) is 7.98. The molecule has 6 heteroatoms. The fourth-order valence-corrected chi connectivity index (χ4v) is 6.07. The van der Waals surface area contributed by atoms with Crippen molar-refractivity contribution in [1.29, 1.82) is 0 Å². The molecule has 1 fully saturated rings. The lowest BCUT2D eigenvalue weighted by atomic mass is 10.0. The summed E-state index contributed by atoms with van der Waals surface area (Å²) >= 11 is 6.09. The zero-order valence-corrected chi connectivity index (χ0v) is 18.3. The third-order valence-electron chi connectivity index (χ3n) is 5.65. The Balaban J connectivity index is 1.95. The summed E-state index contributed by atoms with van der Waals surface area (Å²) in [5, 5.41) is 2.18. The molecule has 0 bridgehead atoms. The van der Waals surface area contributed by atoms with Gasteiger partial charge >= 0.3 is 0 Å². The standard InChI is InChI=1S/C23H25ClN2O2S/c1-3-17-15-22(26-13-11-25(2)12-14-26)20-9-4-5-10-21(20)23(17)29(27,28)19-8-6-7-18(24)16-19/h4-10,15-16H,3,11-14H2,1-2H3. The summed E-state index contributed by atoms with van der Waals surface area (Å²) in [6, 6.07) is 16.4. The average Bonchev–Trinajstić information content (AvgIpc) is 2.73. The molecule has 1 aliphatic heterocycles. The normalized spacial score (nSPS) is 15.8. The fraction of sp³-hybridized carbons (Fsp3) is 0.304. The minimum absolute atomic E-state index is 0.234. The van der Waals surface area contributed by atoms with Crippen LogP contribution in [0.1, 0.15) is 12.5 Å². The number of nitrogens with zero attached hydrogens (tertiary/aromatic N) is 2. The summed E-state index contributed by atoms with van der Waals surface area (Å²) in [6.45, 7) is 5.87. The van der Waals surface area contributed by atoms with Crippen LogP contribution in [-0.2, 0) is 16.3 Å². The molecular formula is C23H25ClN2O2S. The second-order valence-electron chi connectivity index (χ2n) is 7.53. The van der Waals surface area contributed by atoms with Crippen molar-refractivity contribution in [3.63, 3.8) is 0 Å². The first-order valence-corrected chi connectivity index (χ1v) is 11.8. The molecule has 0 radical (unpaired) electrons. The molecule has 1 saturated heterocycles. The van der Waals surface area contributed by atoms with Gasteiger partial charge in [-0.05, 0) is 43.3 Å². The topological polar surface area (TPSA) is 40.6 Å². The molecule has 0 unspecified atom stereocenters. The third kappa shape index (κ3) is 3.75. The lowest BCUT2D eigenvalue weighted by Crippen LogP contribution is -2.44. The molecule has 1 aliphatic rings. The van der Waals surface area contributed by atoms with Crippen molar-refractivity contribution in [2.24, 2.45) is 0 Å². The number of sulfone groups is 1. The van der Waals surface area contributed by atoms with E-state index in [4.69, 9.17) is 11.6 Å². The van der Waals surface area contributed by atoms with Crippen molar-refractivity contribution in [1.82, 2.24) is 4.90 Å². The van der Waals surface area contributed by atoms with Crippen molar-refractivity contribution in [2.45, 2.75) is 23.1 Å². The SMILES string of the molecule is CCc1cc(N2CCN(C)CC2)c2ccccc2c1S(=O)(=O)c1cccc(Cl)c1. The van der Waals surface area contributed by atoms with Crippen LogP contribution in [0.15, 0.2) is 64.4 Å². The van der Waals surface area contributed by atoms with Crippen molar-refractivity contribution in [3.8, 4) is 0 Å². The van der Waals surface area contributed by atoms with Crippen LogP contribution in [0.5, 0.6) is 0 Å². The Labute approximate surface area is 177 Å². The fourth-order valence-electron chi connectivity index (χ4n) is 4.03. The molecule has 0 spiro atoms. The monoisotopic (exact) mass is 428 g/mol. The van der Waals surface area contributed by atoms with Gasteiger partial charge in [0.2, 0.25) is 9.84 Å². The van der Waals surface area contributed by atoms with Gasteiger partial charge in [0, 0.05) is 47.7 Å². The van der Waals surface area contributed by atoms with Crippen LogP contribution in [0.2, 0.25) is 5.02 Å². The summed E-state index contributed by atoms with van der Waals surface area (Å²) in [5.41, 5.74) is 1.97. The quantitative estimate of drug-likeness (QED) is 0.607. The summed E-state index contributed by atoms with van der Waals surface area (Å²) in [5.74, 6) is 0. The molecular weight excluding hydrogens is 404 g/mol. The lowest BCUT2D eigenvalue weighted by molar-refractivity contribution is 0.313. The number of anilines is 1. The molecule has 152 valence electrons. The lowest BCUT2D eigenvalue weighted by Gasteiger charge is -2.35. The maximum absolute atomic E-state index is 13.6. The van der Waals surface area contributed by atoms with E-state index in [0.717, 1.165) is 48.2 Å². The van der Waals surface area contributed by atoms with Gasteiger partial charge in [-0.2, -0.15) is 0 Å². The number of likely N-dealkylation sites (N-methyl/N-ethyl adjacent to an activating group) is 1. The Morgan fingerprint density at radius 1 is 0.931 bits per heavy atom. The molecule has 0 aromatic heterocycles. The molecule has 29 heavy (non-hydrogen) atoms. The van der Waals surface area contributed by atoms with Crippen LogP contribution in [0, 0.1) is 0 Å². The minimum atomic E-state index is -3.70. The molecule has 0 atom stereocenters. The number of fused-ring (bicyclic) bond motifs is 1. The predicted octanol–water partition coefficient (Wildman–Crippen LogP) is 4.64. The predicted molar refractivity (Wildman–Crippen MR) is 120 cm³/mol. The van der Waals surface area contributed by atoms with Gasteiger partial charge in [-0.15, -0.1) is 0 Å². The van der Waals surface area contributed by atoms with Crippen molar-refractivity contribution in [2.75, 3.05) is 38.1 Å². The molecule has 1 heterocycles. The van der Waals surface area contributed by atoms with Crippen LogP contribution in [0.3, 0.4) is 0 Å². The molecule has 0 saturated carbocycles. The Bertz CT molecular complexity index is 1150. The number of hydrogen-bond donors (Lipinski definition) is 0. The Kier molecular flexibility index (Phi) is 5.56. The van der Waals surface area contributed by atoms with E-state index in [-0.39, 0.29) is 4.90 Å². The zero-order valence-electron chi connectivity index (χ0n) is 16.7. The largest absolute Gasteiger partial charge is 0.368 e. The third-order valence-corrected chi connectivity index (χ3v) is 7.78. The van der Waals surface area contributed by atoms with Crippen LogP contribution >= 0.6 is 11.6 Å². The maximum Gasteiger partial charge on any atom is 0.207 e. The van der Waals surface area contributed by atoms with E-state index < -0.39 is 9.84 Å². The van der Waals surface area contributed by atoms with E-state index in [1.807, 2.05) is 31.2 Å². The summed E-state index contributed by atoms with van der Waals surface area (Å²) < 4.78 is 27.3. The van der Waals surface area contributed by atoms with Gasteiger partial charge in [-0.3, -0.25) is 0 Å². The number of halogens is 1. The summed E-state index contributed by atoms with van der Waals surface area (Å²) in [7, 11) is -1.57. The number of benzene rings is 3. The Morgan fingerprint density at radius 2 is 1.62 bits per heavy atom. The van der Waals surface area contributed by atoms with Crippen molar-refractivity contribution >= 4 is 37.9 Å². The van der Waals surface area contributed by atoms with E-state index in [1.54, 1.807) is 18.2 Å². The number of hydrogen-bond acceptors (Lipinski definition) is 4. The van der Waals surface area contributed by atoms with E-state index in [0.29, 0.717) is 16.3 Å².